The molecule has 0 N–H and O–H groups in total. The lowest BCUT2D eigenvalue weighted by atomic mass is 10.1. The fraction of sp³-hybridized carbons (Fsp3) is 0.273. The van der Waals surface area contributed by atoms with Crippen molar-refractivity contribution in [2.75, 3.05) is 26.2 Å². The second-order valence-electron chi connectivity index (χ2n) is 7.06. The molecule has 1 amide bonds. The van der Waals surface area contributed by atoms with Gasteiger partial charge in [0.1, 0.15) is 0 Å². The van der Waals surface area contributed by atoms with Crippen LogP contribution in [0.3, 0.4) is 0 Å². The minimum absolute atomic E-state index is 0.101. The van der Waals surface area contributed by atoms with Crippen LogP contribution in [0.15, 0.2) is 59.5 Å². The van der Waals surface area contributed by atoms with Gasteiger partial charge in [0.15, 0.2) is 5.78 Å². The Kier molecular flexibility index (Phi) is 6.30. The van der Waals surface area contributed by atoms with E-state index in [0.29, 0.717) is 18.7 Å². The molecule has 29 heavy (non-hydrogen) atoms. The van der Waals surface area contributed by atoms with Crippen LogP contribution < -0.4 is 0 Å². The van der Waals surface area contributed by atoms with Gasteiger partial charge in [-0.05, 0) is 37.6 Å². The molecule has 0 atom stereocenters. The SMILES string of the molecule is CC(=O)c1cccc(S(=O)(=O)N2CCN(C(=O)/C=C/c3ccc(C)cc3)CC2)c1. The second-order valence-corrected chi connectivity index (χ2v) is 9.00. The van der Waals surface area contributed by atoms with Crippen molar-refractivity contribution in [3.05, 3.63) is 71.3 Å². The first-order chi connectivity index (χ1) is 13.8. The Morgan fingerprint density at radius 2 is 1.62 bits per heavy atom. The number of rotatable bonds is 5. The molecule has 7 heteroatoms. The van der Waals surface area contributed by atoms with Gasteiger partial charge in [-0.15, -0.1) is 0 Å². The van der Waals surface area contributed by atoms with Crippen LogP contribution in [0.25, 0.3) is 6.08 Å². The molecule has 0 aliphatic carbocycles. The fourth-order valence-electron chi connectivity index (χ4n) is 3.12. The average Bonchev–Trinajstić information content (AvgIpc) is 2.73. The van der Waals surface area contributed by atoms with Crippen molar-refractivity contribution in [2.24, 2.45) is 0 Å². The molecular formula is C22H24N2O4S. The average molecular weight is 413 g/mol. The van der Waals surface area contributed by atoms with E-state index in [1.165, 1.54) is 29.4 Å². The molecular weight excluding hydrogens is 388 g/mol. The van der Waals surface area contributed by atoms with E-state index < -0.39 is 10.0 Å². The Labute approximate surface area is 171 Å². The van der Waals surface area contributed by atoms with E-state index in [0.717, 1.165) is 11.1 Å². The summed E-state index contributed by atoms with van der Waals surface area (Å²) in [7, 11) is -3.70. The second kappa shape index (κ2) is 8.71. The molecule has 3 rings (SSSR count). The zero-order valence-corrected chi connectivity index (χ0v) is 17.4. The van der Waals surface area contributed by atoms with E-state index in [1.807, 2.05) is 31.2 Å². The number of sulfonamides is 1. The molecule has 0 saturated carbocycles. The first-order valence-corrected chi connectivity index (χ1v) is 10.9. The molecule has 1 heterocycles. The number of carbonyl (C=O) groups is 2. The summed E-state index contributed by atoms with van der Waals surface area (Å²) in [5.74, 6) is -0.320. The molecule has 0 spiro atoms. The molecule has 1 aliphatic rings. The van der Waals surface area contributed by atoms with Crippen LogP contribution >= 0.6 is 0 Å². The number of Topliss-reactive ketones (excluding diaryl/α,β-unsaturated/α-hetero) is 1. The van der Waals surface area contributed by atoms with Crippen molar-refractivity contribution in [2.45, 2.75) is 18.7 Å². The maximum absolute atomic E-state index is 12.9. The monoisotopic (exact) mass is 412 g/mol. The Bertz CT molecular complexity index is 1030. The first kappa shape index (κ1) is 21.0. The Hall–Kier alpha value is -2.77. The highest BCUT2D eigenvalue weighted by molar-refractivity contribution is 7.89. The van der Waals surface area contributed by atoms with Crippen molar-refractivity contribution >= 4 is 27.8 Å². The number of hydrogen-bond acceptors (Lipinski definition) is 4. The van der Waals surface area contributed by atoms with Crippen LogP contribution in [0.2, 0.25) is 0 Å². The number of aryl methyl sites for hydroxylation is 1. The number of carbonyl (C=O) groups excluding carboxylic acids is 2. The maximum atomic E-state index is 12.9. The molecule has 2 aromatic rings. The van der Waals surface area contributed by atoms with Gasteiger partial charge in [-0.2, -0.15) is 4.31 Å². The lowest BCUT2D eigenvalue weighted by molar-refractivity contribution is -0.127. The normalized spacial score (nSPS) is 15.6. The van der Waals surface area contributed by atoms with Crippen LogP contribution in [-0.4, -0.2) is 55.5 Å². The standard InChI is InChI=1S/C22H24N2O4S/c1-17-6-8-19(9-7-17)10-11-22(26)23-12-14-24(15-13-23)29(27,28)21-5-3-4-20(16-21)18(2)25/h3-11,16H,12-15H2,1-2H3/b11-10+. The Morgan fingerprint density at radius 1 is 0.966 bits per heavy atom. The molecule has 152 valence electrons. The maximum Gasteiger partial charge on any atom is 0.246 e. The highest BCUT2D eigenvalue weighted by Gasteiger charge is 2.29. The van der Waals surface area contributed by atoms with Gasteiger partial charge in [-0.1, -0.05) is 42.0 Å². The molecule has 0 radical (unpaired) electrons. The Balaban J connectivity index is 1.63. The number of amides is 1. The van der Waals surface area contributed by atoms with Crippen LogP contribution in [0.1, 0.15) is 28.4 Å². The summed E-state index contributed by atoms with van der Waals surface area (Å²) < 4.78 is 27.1. The van der Waals surface area contributed by atoms with Crippen molar-refractivity contribution < 1.29 is 18.0 Å². The fourth-order valence-corrected chi connectivity index (χ4v) is 4.59. The van der Waals surface area contributed by atoms with Crippen LogP contribution in [0, 0.1) is 6.92 Å². The lowest BCUT2D eigenvalue weighted by Crippen LogP contribution is -2.50. The van der Waals surface area contributed by atoms with E-state index in [-0.39, 0.29) is 29.7 Å². The van der Waals surface area contributed by atoms with Gasteiger partial charge in [-0.3, -0.25) is 9.59 Å². The third-order valence-electron chi connectivity index (χ3n) is 4.92. The lowest BCUT2D eigenvalue weighted by Gasteiger charge is -2.33. The number of benzene rings is 2. The molecule has 0 bridgehead atoms. The van der Waals surface area contributed by atoms with Crippen molar-refractivity contribution in [3.63, 3.8) is 0 Å². The topological polar surface area (TPSA) is 74.8 Å². The number of ketones is 1. The predicted molar refractivity (Wildman–Crippen MR) is 112 cm³/mol. The molecule has 1 fully saturated rings. The number of nitrogens with zero attached hydrogens (tertiary/aromatic N) is 2. The Morgan fingerprint density at radius 3 is 2.24 bits per heavy atom. The minimum Gasteiger partial charge on any atom is -0.337 e. The van der Waals surface area contributed by atoms with Gasteiger partial charge in [0.2, 0.25) is 15.9 Å². The van der Waals surface area contributed by atoms with Gasteiger partial charge in [0.05, 0.1) is 4.90 Å². The first-order valence-electron chi connectivity index (χ1n) is 9.42. The van der Waals surface area contributed by atoms with E-state index >= 15 is 0 Å². The smallest absolute Gasteiger partial charge is 0.246 e. The highest BCUT2D eigenvalue weighted by Crippen LogP contribution is 2.19. The van der Waals surface area contributed by atoms with Crippen molar-refractivity contribution in [3.8, 4) is 0 Å². The highest BCUT2D eigenvalue weighted by atomic mass is 32.2. The minimum atomic E-state index is -3.70. The zero-order chi connectivity index (χ0) is 21.0. The third kappa shape index (κ3) is 4.99. The van der Waals surface area contributed by atoms with Gasteiger partial charge in [-0.25, -0.2) is 8.42 Å². The molecule has 1 aliphatic heterocycles. The van der Waals surface area contributed by atoms with Gasteiger partial charge < -0.3 is 4.90 Å². The summed E-state index contributed by atoms with van der Waals surface area (Å²) in [6.07, 6.45) is 3.28. The van der Waals surface area contributed by atoms with Crippen LogP contribution in [-0.2, 0) is 14.8 Å². The van der Waals surface area contributed by atoms with Crippen LogP contribution in [0.4, 0.5) is 0 Å². The van der Waals surface area contributed by atoms with E-state index in [9.17, 15) is 18.0 Å². The van der Waals surface area contributed by atoms with E-state index in [4.69, 9.17) is 0 Å². The molecule has 1 saturated heterocycles. The quantitative estimate of drug-likeness (QED) is 0.559. The summed E-state index contributed by atoms with van der Waals surface area (Å²) in [4.78, 5) is 25.7. The van der Waals surface area contributed by atoms with Crippen molar-refractivity contribution in [1.82, 2.24) is 9.21 Å². The predicted octanol–water partition coefficient (Wildman–Crippen LogP) is 2.74. The molecule has 0 aromatic heterocycles. The number of piperazine rings is 1. The largest absolute Gasteiger partial charge is 0.337 e. The summed E-state index contributed by atoms with van der Waals surface area (Å²) in [5.41, 5.74) is 2.45. The van der Waals surface area contributed by atoms with E-state index in [2.05, 4.69) is 0 Å². The summed E-state index contributed by atoms with van der Waals surface area (Å²) in [6.45, 7) is 4.49. The van der Waals surface area contributed by atoms with Gasteiger partial charge in [0, 0.05) is 37.8 Å². The molecule has 6 nitrogen and oxygen atoms in total. The summed E-state index contributed by atoms with van der Waals surface area (Å²) in [5, 5.41) is 0. The zero-order valence-electron chi connectivity index (χ0n) is 16.5. The van der Waals surface area contributed by atoms with Crippen LogP contribution in [0.5, 0.6) is 0 Å². The van der Waals surface area contributed by atoms with E-state index in [1.54, 1.807) is 23.1 Å². The summed E-state index contributed by atoms with van der Waals surface area (Å²) in [6, 6.07) is 13.9. The molecule has 2 aromatic carbocycles. The molecule has 0 unspecified atom stereocenters. The number of hydrogen-bond donors (Lipinski definition) is 0. The van der Waals surface area contributed by atoms with Gasteiger partial charge >= 0.3 is 0 Å². The van der Waals surface area contributed by atoms with Crippen molar-refractivity contribution in [1.29, 1.82) is 0 Å². The van der Waals surface area contributed by atoms with Gasteiger partial charge in [0.25, 0.3) is 0 Å². The third-order valence-corrected chi connectivity index (χ3v) is 6.82. The summed E-state index contributed by atoms with van der Waals surface area (Å²) >= 11 is 0.